The molecule has 2 heterocycles. The van der Waals surface area contributed by atoms with Gasteiger partial charge in [0.2, 0.25) is 18.0 Å². The average molecular weight is 440 g/mol. The zero-order valence-corrected chi connectivity index (χ0v) is 18.5. The molecule has 5 nitrogen and oxygen atoms in total. The SMILES string of the molecule is CSc1ccc(C2=NN(C(C)=O)[C@H](c3cc(-c4ccccc4)nc4ccccc34)O2)cc1. The van der Waals surface area contributed by atoms with E-state index in [4.69, 9.17) is 9.72 Å². The van der Waals surface area contributed by atoms with E-state index in [1.807, 2.05) is 91.2 Å². The minimum atomic E-state index is -0.668. The molecule has 0 saturated carbocycles. The lowest BCUT2D eigenvalue weighted by Crippen LogP contribution is -2.25. The van der Waals surface area contributed by atoms with E-state index in [2.05, 4.69) is 5.10 Å². The van der Waals surface area contributed by atoms with Crippen LogP contribution in [-0.4, -0.2) is 28.1 Å². The number of pyridine rings is 1. The van der Waals surface area contributed by atoms with Gasteiger partial charge in [0.05, 0.1) is 11.2 Å². The van der Waals surface area contributed by atoms with Crippen LogP contribution in [-0.2, 0) is 9.53 Å². The topological polar surface area (TPSA) is 54.8 Å². The maximum absolute atomic E-state index is 12.5. The number of nitrogens with zero attached hydrogens (tertiary/aromatic N) is 3. The number of amides is 1. The predicted molar refractivity (Wildman–Crippen MR) is 128 cm³/mol. The fourth-order valence-electron chi connectivity index (χ4n) is 3.78. The van der Waals surface area contributed by atoms with Crippen molar-refractivity contribution in [2.24, 2.45) is 5.10 Å². The van der Waals surface area contributed by atoms with Crippen molar-refractivity contribution in [3.8, 4) is 11.3 Å². The zero-order valence-electron chi connectivity index (χ0n) is 17.7. The van der Waals surface area contributed by atoms with E-state index in [0.717, 1.165) is 38.2 Å². The lowest BCUT2D eigenvalue weighted by atomic mass is 10.0. The molecule has 0 fully saturated rings. The number of benzene rings is 3. The second-order valence-electron chi connectivity index (χ2n) is 7.45. The predicted octanol–water partition coefficient (Wildman–Crippen LogP) is 5.86. The van der Waals surface area contributed by atoms with Gasteiger partial charge in [-0.15, -0.1) is 16.9 Å². The van der Waals surface area contributed by atoms with Crippen LogP contribution in [0.5, 0.6) is 0 Å². The Hall–Kier alpha value is -3.64. The van der Waals surface area contributed by atoms with Crippen molar-refractivity contribution in [2.45, 2.75) is 18.0 Å². The van der Waals surface area contributed by atoms with Crippen LogP contribution in [0.3, 0.4) is 0 Å². The first-order chi connectivity index (χ1) is 15.6. The third-order valence-corrected chi connectivity index (χ3v) is 6.13. The molecule has 0 aliphatic carbocycles. The van der Waals surface area contributed by atoms with Crippen molar-refractivity contribution in [1.29, 1.82) is 0 Å². The van der Waals surface area contributed by atoms with Gasteiger partial charge in [-0.2, -0.15) is 5.01 Å². The first kappa shape index (κ1) is 20.3. The fraction of sp³-hybridized carbons (Fsp3) is 0.115. The first-order valence-corrected chi connectivity index (χ1v) is 11.5. The van der Waals surface area contributed by atoms with Crippen LogP contribution in [0.2, 0.25) is 0 Å². The van der Waals surface area contributed by atoms with Gasteiger partial charge in [-0.25, -0.2) is 4.98 Å². The Morgan fingerprint density at radius 2 is 1.66 bits per heavy atom. The zero-order chi connectivity index (χ0) is 22.1. The first-order valence-electron chi connectivity index (χ1n) is 10.3. The molecule has 1 aliphatic heterocycles. The molecular formula is C26H21N3O2S. The Morgan fingerprint density at radius 1 is 0.938 bits per heavy atom. The Balaban J connectivity index is 1.61. The van der Waals surface area contributed by atoms with Gasteiger partial charge in [0.15, 0.2) is 0 Å². The van der Waals surface area contributed by atoms with Gasteiger partial charge in [-0.1, -0.05) is 48.5 Å². The molecular weight excluding hydrogens is 418 g/mol. The summed E-state index contributed by atoms with van der Waals surface area (Å²) >= 11 is 1.67. The summed E-state index contributed by atoms with van der Waals surface area (Å²) in [6.07, 6.45) is 1.36. The maximum atomic E-state index is 12.5. The number of thioether (sulfide) groups is 1. The molecule has 6 heteroatoms. The van der Waals surface area contributed by atoms with Crippen LogP contribution in [0.4, 0.5) is 0 Å². The summed E-state index contributed by atoms with van der Waals surface area (Å²) in [6, 6.07) is 27.9. The summed E-state index contributed by atoms with van der Waals surface area (Å²) in [5, 5.41) is 6.87. The minimum Gasteiger partial charge on any atom is -0.446 e. The van der Waals surface area contributed by atoms with Gasteiger partial charge in [-0.05, 0) is 42.7 Å². The van der Waals surface area contributed by atoms with Gasteiger partial charge in [0.1, 0.15) is 0 Å². The van der Waals surface area contributed by atoms with Gasteiger partial charge in [-0.3, -0.25) is 4.79 Å². The number of aromatic nitrogens is 1. The van der Waals surface area contributed by atoms with E-state index in [9.17, 15) is 4.79 Å². The van der Waals surface area contributed by atoms with E-state index in [-0.39, 0.29) is 5.91 Å². The molecule has 1 amide bonds. The van der Waals surface area contributed by atoms with Crippen LogP contribution in [0.1, 0.15) is 24.3 Å². The van der Waals surface area contributed by atoms with Gasteiger partial charge in [0.25, 0.3) is 0 Å². The fourth-order valence-corrected chi connectivity index (χ4v) is 4.19. The maximum Gasteiger partial charge on any atom is 0.243 e. The molecule has 1 atom stereocenters. The molecule has 1 aliphatic rings. The second kappa shape index (κ2) is 8.48. The number of para-hydroxylation sites is 1. The van der Waals surface area contributed by atoms with E-state index in [1.54, 1.807) is 11.8 Å². The number of hydrogen-bond donors (Lipinski definition) is 0. The number of rotatable bonds is 4. The van der Waals surface area contributed by atoms with Crippen LogP contribution < -0.4 is 0 Å². The van der Waals surface area contributed by atoms with Crippen molar-refractivity contribution in [2.75, 3.05) is 6.26 Å². The number of fused-ring (bicyclic) bond motifs is 1. The van der Waals surface area contributed by atoms with Crippen LogP contribution in [0, 0.1) is 0 Å². The van der Waals surface area contributed by atoms with E-state index < -0.39 is 6.23 Å². The van der Waals surface area contributed by atoms with E-state index >= 15 is 0 Å². The highest BCUT2D eigenvalue weighted by Crippen LogP contribution is 2.36. The Morgan fingerprint density at radius 3 is 2.38 bits per heavy atom. The Labute approximate surface area is 190 Å². The molecule has 0 spiro atoms. The summed E-state index contributed by atoms with van der Waals surface area (Å²) in [4.78, 5) is 18.5. The second-order valence-corrected chi connectivity index (χ2v) is 8.33. The molecule has 158 valence electrons. The average Bonchev–Trinajstić information content (AvgIpc) is 3.30. The molecule has 0 radical (unpaired) electrons. The lowest BCUT2D eigenvalue weighted by Gasteiger charge is -2.21. The molecule has 4 aromatic rings. The van der Waals surface area contributed by atoms with Gasteiger partial charge >= 0.3 is 0 Å². The molecule has 5 rings (SSSR count). The highest BCUT2D eigenvalue weighted by atomic mass is 32.2. The highest BCUT2D eigenvalue weighted by molar-refractivity contribution is 7.98. The monoisotopic (exact) mass is 439 g/mol. The van der Waals surface area contributed by atoms with Crippen molar-refractivity contribution < 1.29 is 9.53 Å². The number of ether oxygens (including phenoxy) is 1. The molecule has 32 heavy (non-hydrogen) atoms. The molecule has 0 saturated heterocycles. The Bertz CT molecular complexity index is 1320. The van der Waals surface area contributed by atoms with Crippen molar-refractivity contribution in [3.05, 3.63) is 96.1 Å². The van der Waals surface area contributed by atoms with Gasteiger partial charge < -0.3 is 4.74 Å². The van der Waals surface area contributed by atoms with Crippen molar-refractivity contribution in [1.82, 2.24) is 9.99 Å². The smallest absolute Gasteiger partial charge is 0.243 e. The lowest BCUT2D eigenvalue weighted by molar-refractivity contribution is -0.135. The number of hydrogen-bond acceptors (Lipinski definition) is 5. The summed E-state index contributed by atoms with van der Waals surface area (Å²) in [7, 11) is 0. The molecule has 0 N–H and O–H groups in total. The summed E-state index contributed by atoms with van der Waals surface area (Å²) in [5.74, 6) is 0.243. The van der Waals surface area contributed by atoms with Crippen LogP contribution in [0.15, 0.2) is 94.9 Å². The molecule has 0 bridgehead atoms. The summed E-state index contributed by atoms with van der Waals surface area (Å²) < 4.78 is 6.30. The van der Waals surface area contributed by atoms with Crippen molar-refractivity contribution in [3.63, 3.8) is 0 Å². The van der Waals surface area contributed by atoms with Crippen LogP contribution in [0.25, 0.3) is 22.2 Å². The van der Waals surface area contributed by atoms with Crippen LogP contribution >= 0.6 is 11.8 Å². The molecule has 1 aromatic heterocycles. The quantitative estimate of drug-likeness (QED) is 0.374. The number of carbonyl (C=O) groups is 1. The van der Waals surface area contributed by atoms with Gasteiger partial charge in [0, 0.05) is 33.9 Å². The highest BCUT2D eigenvalue weighted by Gasteiger charge is 2.34. The third-order valence-electron chi connectivity index (χ3n) is 5.39. The molecule has 0 unspecified atom stereocenters. The Kier molecular flexibility index (Phi) is 5.37. The minimum absolute atomic E-state index is 0.187. The number of carbonyl (C=O) groups excluding carboxylic acids is 1. The van der Waals surface area contributed by atoms with E-state index in [0.29, 0.717) is 5.90 Å². The summed E-state index contributed by atoms with van der Waals surface area (Å²) in [6.45, 7) is 1.50. The van der Waals surface area contributed by atoms with Crippen molar-refractivity contribution >= 4 is 34.5 Å². The van der Waals surface area contributed by atoms with E-state index in [1.165, 1.54) is 11.9 Å². The normalized spacial score (nSPS) is 15.5. The summed E-state index contributed by atoms with van der Waals surface area (Å²) in [5.41, 5.74) is 4.35. The standard InChI is InChI=1S/C26H21N3O2S/c1-17(30)29-26(31-25(28-29)19-12-14-20(32-2)15-13-19)22-16-24(18-8-4-3-5-9-18)27-23-11-7-6-10-21(22)23/h3-16,26H,1-2H3/t26-/m0/s1. The largest absolute Gasteiger partial charge is 0.446 e. The molecule has 3 aromatic carbocycles. The number of hydrazone groups is 1. The third kappa shape index (κ3) is 3.74.